The Balaban J connectivity index is -0.000000289. The van der Waals surface area contributed by atoms with E-state index >= 15 is 0 Å². The predicted octanol–water partition coefficient (Wildman–Crippen LogP) is -0.598. The number of aromatic hydroxyl groups is 1. The summed E-state index contributed by atoms with van der Waals surface area (Å²) in [6, 6.07) is 4.01. The standard InChI is InChI=1S/C6H4BrNO3.CH2O3.Cs.H/c7-4-1-2-5(8(10)11)6(9)3-4;2-1(3)4;;/h1-3,9H;(H2,2,3,4);;/q;;+1;-1. The van der Waals surface area contributed by atoms with Crippen molar-refractivity contribution in [1.82, 2.24) is 0 Å². The molecular formula is C7H7BrCsNO6. The molecule has 0 aliphatic rings. The van der Waals surface area contributed by atoms with E-state index in [-0.39, 0.29) is 81.8 Å². The summed E-state index contributed by atoms with van der Waals surface area (Å²) in [6.45, 7) is 0. The zero-order valence-electron chi connectivity index (χ0n) is 9.12. The fraction of sp³-hybridized carbons (Fsp3) is 0. The van der Waals surface area contributed by atoms with Crippen LogP contribution in [0.1, 0.15) is 1.43 Å². The van der Waals surface area contributed by atoms with Crippen LogP contribution in [-0.4, -0.2) is 26.4 Å². The van der Waals surface area contributed by atoms with Gasteiger partial charge in [0.1, 0.15) is 0 Å². The summed E-state index contributed by atoms with van der Waals surface area (Å²) in [5, 5.41) is 33.1. The van der Waals surface area contributed by atoms with Gasteiger partial charge in [-0.2, -0.15) is 0 Å². The zero-order chi connectivity index (χ0) is 12.0. The molecule has 0 bridgehead atoms. The van der Waals surface area contributed by atoms with E-state index in [9.17, 15) is 10.1 Å². The van der Waals surface area contributed by atoms with Crippen molar-refractivity contribution in [1.29, 1.82) is 0 Å². The minimum absolute atomic E-state index is 0. The van der Waals surface area contributed by atoms with E-state index < -0.39 is 11.1 Å². The number of nitro groups is 1. The topological polar surface area (TPSA) is 121 Å². The van der Waals surface area contributed by atoms with E-state index in [1.54, 1.807) is 0 Å². The molecule has 0 unspecified atom stereocenters. The first kappa shape index (κ1) is 18.6. The molecule has 0 radical (unpaired) electrons. The average molecular weight is 414 g/mol. The third kappa shape index (κ3) is 8.38. The maximum Gasteiger partial charge on any atom is 1.00 e. The van der Waals surface area contributed by atoms with E-state index in [2.05, 4.69) is 15.9 Å². The first-order chi connectivity index (χ1) is 6.84. The van der Waals surface area contributed by atoms with Gasteiger partial charge in [-0.15, -0.1) is 0 Å². The van der Waals surface area contributed by atoms with E-state index in [1.807, 2.05) is 0 Å². The fourth-order valence-corrected chi connectivity index (χ4v) is 1.000. The minimum Gasteiger partial charge on any atom is -1.00 e. The van der Waals surface area contributed by atoms with E-state index in [1.165, 1.54) is 18.2 Å². The molecule has 0 atom stereocenters. The smallest absolute Gasteiger partial charge is 1.00 e. The van der Waals surface area contributed by atoms with Crippen molar-refractivity contribution in [3.63, 3.8) is 0 Å². The predicted molar refractivity (Wildman–Crippen MR) is 54.2 cm³/mol. The average Bonchev–Trinajstić information content (AvgIpc) is 2.01. The third-order valence-corrected chi connectivity index (χ3v) is 1.63. The molecule has 0 saturated heterocycles. The zero-order valence-corrected chi connectivity index (χ0v) is 16.0. The van der Waals surface area contributed by atoms with Crippen molar-refractivity contribution in [3.05, 3.63) is 32.8 Å². The van der Waals surface area contributed by atoms with Crippen LogP contribution in [-0.2, 0) is 0 Å². The number of nitrogens with zero attached hydrogens (tertiary/aromatic N) is 1. The van der Waals surface area contributed by atoms with Crippen LogP contribution < -0.4 is 68.9 Å². The van der Waals surface area contributed by atoms with E-state index in [4.69, 9.17) is 20.1 Å². The molecule has 0 saturated carbocycles. The molecule has 0 aliphatic heterocycles. The first-order valence-electron chi connectivity index (χ1n) is 3.39. The molecule has 0 fully saturated rings. The maximum absolute atomic E-state index is 10.2. The monoisotopic (exact) mass is 413 g/mol. The van der Waals surface area contributed by atoms with Crippen molar-refractivity contribution in [3.8, 4) is 5.75 Å². The Hall–Kier alpha value is 0.222. The summed E-state index contributed by atoms with van der Waals surface area (Å²) in [4.78, 5) is 18.1. The van der Waals surface area contributed by atoms with Crippen LogP contribution in [0.15, 0.2) is 22.7 Å². The van der Waals surface area contributed by atoms with Gasteiger partial charge >= 0.3 is 80.7 Å². The van der Waals surface area contributed by atoms with Gasteiger partial charge in [-0.3, -0.25) is 10.1 Å². The fourth-order valence-electron chi connectivity index (χ4n) is 0.651. The number of rotatable bonds is 1. The largest absolute Gasteiger partial charge is 1.00 e. The molecule has 0 aromatic heterocycles. The van der Waals surface area contributed by atoms with Gasteiger partial charge in [-0.25, -0.2) is 4.79 Å². The van der Waals surface area contributed by atoms with Gasteiger partial charge in [0.2, 0.25) is 0 Å². The molecule has 0 amide bonds. The quantitative estimate of drug-likeness (QED) is 0.417. The van der Waals surface area contributed by atoms with Crippen LogP contribution in [0.3, 0.4) is 0 Å². The Labute approximate surface area is 159 Å². The summed E-state index contributed by atoms with van der Waals surface area (Å²) in [7, 11) is 0. The summed E-state index contributed by atoms with van der Waals surface area (Å²) in [5.41, 5.74) is -0.284. The van der Waals surface area contributed by atoms with Crippen molar-refractivity contribution in [2.24, 2.45) is 0 Å². The normalized spacial score (nSPS) is 8.06. The van der Waals surface area contributed by atoms with Gasteiger partial charge in [0.05, 0.1) is 4.92 Å². The molecule has 0 spiro atoms. The SMILES string of the molecule is O=C(O)O.O=[N+]([O-])c1ccc(Br)cc1O.[Cs+].[H-]. The molecule has 0 heterocycles. The molecule has 84 valence electrons. The van der Waals surface area contributed by atoms with Crippen molar-refractivity contribution in [2.45, 2.75) is 0 Å². The van der Waals surface area contributed by atoms with Gasteiger partial charge in [-0.05, 0) is 6.07 Å². The van der Waals surface area contributed by atoms with E-state index in [0.717, 1.165) is 0 Å². The molecule has 1 aromatic carbocycles. The van der Waals surface area contributed by atoms with Crippen LogP contribution in [0.25, 0.3) is 0 Å². The van der Waals surface area contributed by atoms with Crippen molar-refractivity contribution in [2.75, 3.05) is 0 Å². The second kappa shape index (κ2) is 9.27. The number of carbonyl (C=O) groups is 1. The summed E-state index contributed by atoms with van der Waals surface area (Å²) < 4.78 is 0.612. The molecule has 0 aliphatic carbocycles. The molecule has 16 heavy (non-hydrogen) atoms. The number of carboxylic acid groups (broad SMARTS) is 2. The third-order valence-electron chi connectivity index (χ3n) is 1.13. The molecule has 7 nitrogen and oxygen atoms in total. The molecule has 1 rings (SSSR count). The first-order valence-corrected chi connectivity index (χ1v) is 4.18. The van der Waals surface area contributed by atoms with Gasteiger partial charge in [0.25, 0.3) is 0 Å². The van der Waals surface area contributed by atoms with Gasteiger partial charge < -0.3 is 16.7 Å². The Kier molecular flexibility index (Phi) is 10.8. The number of phenols is 1. The molecule has 9 heteroatoms. The minimum atomic E-state index is -1.83. The second-order valence-corrected chi connectivity index (χ2v) is 3.09. The second-order valence-electron chi connectivity index (χ2n) is 2.17. The van der Waals surface area contributed by atoms with Gasteiger partial charge in [-0.1, -0.05) is 15.9 Å². The van der Waals surface area contributed by atoms with Crippen LogP contribution in [0.4, 0.5) is 10.5 Å². The van der Waals surface area contributed by atoms with Crippen LogP contribution in [0, 0.1) is 10.1 Å². The van der Waals surface area contributed by atoms with Gasteiger partial charge in [0.15, 0.2) is 5.75 Å². The number of phenolic OH excluding ortho intramolecular Hbond substituents is 1. The number of benzene rings is 1. The Morgan fingerprint density at radius 3 is 2.19 bits per heavy atom. The molecule has 1 aromatic rings. The van der Waals surface area contributed by atoms with Gasteiger partial charge in [0, 0.05) is 16.6 Å². The maximum atomic E-state index is 10.2. The molecular weight excluding hydrogens is 407 g/mol. The summed E-state index contributed by atoms with van der Waals surface area (Å²) in [5.74, 6) is -0.329. The number of hydrogen-bond donors (Lipinski definition) is 3. The van der Waals surface area contributed by atoms with Crippen LogP contribution >= 0.6 is 15.9 Å². The van der Waals surface area contributed by atoms with Crippen LogP contribution in [0.5, 0.6) is 5.75 Å². The van der Waals surface area contributed by atoms with Crippen LogP contribution in [0.2, 0.25) is 0 Å². The Bertz CT molecular complexity index is 387. The number of nitro benzene ring substituents is 1. The molecule has 3 N–H and O–H groups in total. The summed E-state index contributed by atoms with van der Waals surface area (Å²) >= 11 is 3.06. The van der Waals surface area contributed by atoms with Crippen molar-refractivity contribution >= 4 is 27.8 Å². The Morgan fingerprint density at radius 1 is 1.44 bits per heavy atom. The summed E-state index contributed by atoms with van der Waals surface area (Å²) in [6.07, 6.45) is -1.83. The number of hydrogen-bond acceptors (Lipinski definition) is 4. The van der Waals surface area contributed by atoms with E-state index in [0.29, 0.717) is 4.47 Å². The number of halogens is 1. The van der Waals surface area contributed by atoms with Crippen molar-refractivity contribution < 1.29 is 95.4 Å². The Morgan fingerprint density at radius 2 is 1.88 bits per heavy atom.